The Bertz CT molecular complexity index is 927. The van der Waals surface area contributed by atoms with Crippen molar-refractivity contribution in [1.29, 1.82) is 0 Å². The fraction of sp³-hybridized carbons (Fsp3) is 0.250. The number of hydrogen-bond donors (Lipinski definition) is 1. The predicted molar refractivity (Wildman–Crippen MR) is 113 cm³/mol. The molecule has 1 unspecified atom stereocenters. The van der Waals surface area contributed by atoms with Crippen LogP contribution in [0.15, 0.2) is 67.4 Å². The summed E-state index contributed by atoms with van der Waals surface area (Å²) >= 11 is 0. The van der Waals surface area contributed by atoms with E-state index in [1.807, 2.05) is 25.3 Å². The van der Waals surface area contributed by atoms with E-state index < -0.39 is 0 Å². The maximum absolute atomic E-state index is 9.27. The van der Waals surface area contributed by atoms with Gasteiger partial charge < -0.3 is 5.11 Å². The Labute approximate surface area is 161 Å². The van der Waals surface area contributed by atoms with Gasteiger partial charge in [-0.1, -0.05) is 48.6 Å². The van der Waals surface area contributed by atoms with Crippen LogP contribution in [0.5, 0.6) is 0 Å². The summed E-state index contributed by atoms with van der Waals surface area (Å²) in [4.78, 5) is 9.33. The number of nitrogens with zero attached hydrogens (tertiary/aromatic N) is 2. The van der Waals surface area contributed by atoms with Crippen molar-refractivity contribution >= 4 is 17.1 Å². The fourth-order valence-electron chi connectivity index (χ4n) is 3.00. The molecule has 0 spiro atoms. The first-order valence-corrected chi connectivity index (χ1v) is 9.47. The standard InChI is InChI=1S/C24H26N2O/c1-3-7-20-12-15-22-23(16-20)25-17-24(26-22)21-13-10-19(11-14-21)9-6-4-5-8-18(2)27/h3,6,9-18,27H,1,4-5,7-8H2,2H3/b9-6+. The van der Waals surface area contributed by atoms with Crippen molar-refractivity contribution in [3.05, 3.63) is 78.5 Å². The van der Waals surface area contributed by atoms with Gasteiger partial charge >= 0.3 is 0 Å². The Morgan fingerprint density at radius 3 is 2.67 bits per heavy atom. The van der Waals surface area contributed by atoms with Crippen molar-refractivity contribution in [3.63, 3.8) is 0 Å². The van der Waals surface area contributed by atoms with Crippen LogP contribution in [0.2, 0.25) is 0 Å². The van der Waals surface area contributed by atoms with Crippen LogP contribution in [-0.4, -0.2) is 21.2 Å². The van der Waals surface area contributed by atoms with Gasteiger partial charge in [0.2, 0.25) is 0 Å². The van der Waals surface area contributed by atoms with E-state index in [1.54, 1.807) is 0 Å². The summed E-state index contributed by atoms with van der Waals surface area (Å²) in [6, 6.07) is 14.5. The largest absolute Gasteiger partial charge is 0.393 e. The Kier molecular flexibility index (Phi) is 6.50. The summed E-state index contributed by atoms with van der Waals surface area (Å²) in [5, 5.41) is 9.27. The minimum Gasteiger partial charge on any atom is -0.393 e. The summed E-state index contributed by atoms with van der Waals surface area (Å²) in [6.45, 7) is 5.61. The van der Waals surface area contributed by atoms with Crippen molar-refractivity contribution in [1.82, 2.24) is 9.97 Å². The molecule has 3 rings (SSSR count). The molecular formula is C24H26N2O. The molecule has 1 aromatic heterocycles. The molecule has 0 saturated carbocycles. The number of aliphatic hydroxyl groups excluding tert-OH is 1. The zero-order valence-electron chi connectivity index (χ0n) is 15.8. The third-order valence-corrected chi connectivity index (χ3v) is 4.50. The Balaban J connectivity index is 1.70. The molecule has 0 amide bonds. The lowest BCUT2D eigenvalue weighted by Gasteiger charge is -2.05. The third-order valence-electron chi connectivity index (χ3n) is 4.50. The third kappa shape index (κ3) is 5.35. The Morgan fingerprint density at radius 2 is 1.93 bits per heavy atom. The van der Waals surface area contributed by atoms with Gasteiger partial charge in [-0.15, -0.1) is 6.58 Å². The molecule has 0 saturated heterocycles. The van der Waals surface area contributed by atoms with E-state index in [1.165, 1.54) is 11.1 Å². The van der Waals surface area contributed by atoms with Gasteiger partial charge in [0.15, 0.2) is 0 Å². The number of aromatic nitrogens is 2. The molecule has 27 heavy (non-hydrogen) atoms. The van der Waals surface area contributed by atoms with Crippen molar-refractivity contribution in [3.8, 4) is 11.3 Å². The van der Waals surface area contributed by atoms with Gasteiger partial charge in [0.05, 0.1) is 29.0 Å². The topological polar surface area (TPSA) is 46.0 Å². The molecule has 0 aliphatic carbocycles. The number of aliphatic hydroxyl groups is 1. The first-order valence-electron chi connectivity index (χ1n) is 9.47. The van der Waals surface area contributed by atoms with E-state index in [4.69, 9.17) is 4.98 Å². The molecule has 3 nitrogen and oxygen atoms in total. The lowest BCUT2D eigenvalue weighted by Crippen LogP contribution is -1.97. The van der Waals surface area contributed by atoms with Crippen LogP contribution in [-0.2, 0) is 6.42 Å². The second-order valence-corrected chi connectivity index (χ2v) is 6.88. The number of allylic oxidation sites excluding steroid dienone is 2. The van der Waals surface area contributed by atoms with Crippen LogP contribution in [0.1, 0.15) is 37.3 Å². The lowest BCUT2D eigenvalue weighted by molar-refractivity contribution is 0.182. The lowest BCUT2D eigenvalue weighted by atomic mass is 10.1. The summed E-state index contributed by atoms with van der Waals surface area (Å²) in [6.07, 6.45) is 11.5. The highest BCUT2D eigenvalue weighted by Gasteiger charge is 2.04. The number of benzene rings is 2. The van der Waals surface area contributed by atoms with Crippen molar-refractivity contribution < 1.29 is 5.11 Å². The van der Waals surface area contributed by atoms with Gasteiger partial charge in [-0.2, -0.15) is 0 Å². The van der Waals surface area contributed by atoms with Gasteiger partial charge in [0.1, 0.15) is 0 Å². The SMILES string of the molecule is C=CCc1ccc2nc(-c3ccc(/C=C/CCCC(C)O)cc3)cnc2c1. The maximum atomic E-state index is 9.27. The van der Waals surface area contributed by atoms with Gasteiger partial charge in [-0.25, -0.2) is 4.98 Å². The number of rotatable bonds is 8. The minimum atomic E-state index is -0.214. The minimum absolute atomic E-state index is 0.214. The van der Waals surface area contributed by atoms with Crippen LogP contribution in [0.3, 0.4) is 0 Å². The number of unbranched alkanes of at least 4 members (excludes halogenated alkanes) is 1. The Hall–Kier alpha value is -2.78. The van der Waals surface area contributed by atoms with E-state index in [2.05, 4.69) is 60.1 Å². The van der Waals surface area contributed by atoms with Crippen molar-refractivity contribution in [2.45, 2.75) is 38.7 Å². The highest BCUT2D eigenvalue weighted by Crippen LogP contribution is 2.21. The summed E-state index contributed by atoms with van der Waals surface area (Å²) < 4.78 is 0. The van der Waals surface area contributed by atoms with Crippen LogP contribution in [0.4, 0.5) is 0 Å². The zero-order chi connectivity index (χ0) is 19.1. The van der Waals surface area contributed by atoms with E-state index in [-0.39, 0.29) is 6.10 Å². The monoisotopic (exact) mass is 358 g/mol. The molecule has 2 aromatic carbocycles. The second kappa shape index (κ2) is 9.24. The first kappa shape index (κ1) is 19.0. The molecule has 0 aliphatic rings. The van der Waals surface area contributed by atoms with Gasteiger partial charge in [0.25, 0.3) is 0 Å². The highest BCUT2D eigenvalue weighted by atomic mass is 16.3. The van der Waals surface area contributed by atoms with Crippen LogP contribution in [0.25, 0.3) is 28.4 Å². The summed E-state index contributed by atoms with van der Waals surface area (Å²) in [7, 11) is 0. The molecule has 1 N–H and O–H groups in total. The number of hydrogen-bond acceptors (Lipinski definition) is 3. The average molecular weight is 358 g/mol. The van der Waals surface area contributed by atoms with Gasteiger partial charge in [-0.3, -0.25) is 4.98 Å². The van der Waals surface area contributed by atoms with Crippen molar-refractivity contribution in [2.75, 3.05) is 0 Å². The quantitative estimate of drug-likeness (QED) is 0.422. The summed E-state index contributed by atoms with van der Waals surface area (Å²) in [5.41, 5.74) is 6.12. The zero-order valence-corrected chi connectivity index (χ0v) is 15.8. The number of fused-ring (bicyclic) bond motifs is 1. The van der Waals surface area contributed by atoms with Crippen LogP contribution in [0, 0.1) is 0 Å². The van der Waals surface area contributed by atoms with Crippen LogP contribution < -0.4 is 0 Å². The second-order valence-electron chi connectivity index (χ2n) is 6.88. The molecule has 0 radical (unpaired) electrons. The average Bonchev–Trinajstić information content (AvgIpc) is 2.68. The molecule has 1 heterocycles. The predicted octanol–water partition coefficient (Wildman–Crippen LogP) is 5.59. The molecule has 138 valence electrons. The van der Waals surface area contributed by atoms with Gasteiger partial charge in [-0.05, 0) is 55.9 Å². The fourth-order valence-corrected chi connectivity index (χ4v) is 3.00. The van der Waals surface area contributed by atoms with E-state index in [0.717, 1.165) is 48.0 Å². The highest BCUT2D eigenvalue weighted by molar-refractivity contribution is 5.78. The first-order chi connectivity index (χ1) is 13.2. The molecule has 0 bridgehead atoms. The van der Waals surface area contributed by atoms with E-state index >= 15 is 0 Å². The van der Waals surface area contributed by atoms with E-state index in [0.29, 0.717) is 0 Å². The summed E-state index contributed by atoms with van der Waals surface area (Å²) in [5.74, 6) is 0. The normalized spacial score (nSPS) is 12.5. The van der Waals surface area contributed by atoms with E-state index in [9.17, 15) is 5.11 Å². The molecular weight excluding hydrogens is 332 g/mol. The molecule has 0 aliphatic heterocycles. The molecule has 1 atom stereocenters. The maximum Gasteiger partial charge on any atom is 0.0894 e. The molecule has 3 heteroatoms. The van der Waals surface area contributed by atoms with Crippen molar-refractivity contribution in [2.24, 2.45) is 0 Å². The van der Waals surface area contributed by atoms with Crippen LogP contribution >= 0.6 is 0 Å². The van der Waals surface area contributed by atoms with Gasteiger partial charge in [0, 0.05) is 5.56 Å². The molecule has 3 aromatic rings. The smallest absolute Gasteiger partial charge is 0.0894 e. The molecule has 0 fully saturated rings. The Morgan fingerprint density at radius 1 is 1.11 bits per heavy atom.